The van der Waals surface area contributed by atoms with Gasteiger partial charge in [-0.1, -0.05) is 0 Å². The Balaban J connectivity index is 2.11. The number of fused-ring (bicyclic) bond motifs is 1. The zero-order valence-corrected chi connectivity index (χ0v) is 12.6. The Hall–Kier alpha value is -2.34. The normalized spacial score (nSPS) is 12.5. The number of rotatable bonds is 3. The minimum absolute atomic E-state index is 0.0294. The molecule has 6 heteroatoms. The van der Waals surface area contributed by atoms with Crippen LogP contribution in [0.5, 0.6) is 0 Å². The summed E-state index contributed by atoms with van der Waals surface area (Å²) < 4.78 is 1.62. The molecular formula is C15H16N4OS. The molecule has 0 bridgehead atoms. The fraction of sp³-hybridized carbons (Fsp3) is 0.200. The topological polar surface area (TPSA) is 72.9 Å². The number of hydrogen-bond acceptors (Lipinski definition) is 5. The van der Waals surface area contributed by atoms with E-state index in [1.807, 2.05) is 24.4 Å². The van der Waals surface area contributed by atoms with Gasteiger partial charge in [0.15, 0.2) is 0 Å². The van der Waals surface area contributed by atoms with Gasteiger partial charge >= 0.3 is 0 Å². The van der Waals surface area contributed by atoms with E-state index in [2.05, 4.69) is 10.3 Å². The Morgan fingerprint density at radius 3 is 2.90 bits per heavy atom. The lowest BCUT2D eigenvalue weighted by Gasteiger charge is -2.16. The van der Waals surface area contributed by atoms with Gasteiger partial charge in [0.2, 0.25) is 0 Å². The minimum atomic E-state index is -0.0545. The summed E-state index contributed by atoms with van der Waals surface area (Å²) >= 11 is 1.58. The first-order valence-corrected chi connectivity index (χ1v) is 7.49. The highest BCUT2D eigenvalue weighted by molar-refractivity contribution is 7.09. The average molecular weight is 300 g/mol. The van der Waals surface area contributed by atoms with Gasteiger partial charge in [-0.05, 0) is 25.1 Å². The molecule has 3 N–H and O–H groups in total. The van der Waals surface area contributed by atoms with Crippen LogP contribution in [0.3, 0.4) is 0 Å². The van der Waals surface area contributed by atoms with Gasteiger partial charge in [-0.2, -0.15) is 0 Å². The van der Waals surface area contributed by atoms with Crippen LogP contribution in [0, 0.1) is 0 Å². The van der Waals surface area contributed by atoms with E-state index < -0.39 is 0 Å². The Morgan fingerprint density at radius 1 is 1.38 bits per heavy atom. The van der Waals surface area contributed by atoms with Crippen molar-refractivity contribution in [2.24, 2.45) is 7.05 Å². The first kappa shape index (κ1) is 13.6. The van der Waals surface area contributed by atoms with E-state index in [4.69, 9.17) is 5.73 Å². The molecule has 108 valence electrons. The van der Waals surface area contributed by atoms with E-state index in [1.165, 1.54) is 0 Å². The second-order valence-electron chi connectivity index (χ2n) is 4.97. The summed E-state index contributed by atoms with van der Waals surface area (Å²) in [6.07, 6.45) is 1.78. The van der Waals surface area contributed by atoms with Gasteiger partial charge in [-0.25, -0.2) is 4.98 Å². The van der Waals surface area contributed by atoms with Crippen LogP contribution < -0.4 is 16.6 Å². The highest BCUT2D eigenvalue weighted by atomic mass is 32.1. The molecule has 0 amide bonds. The molecule has 1 unspecified atom stereocenters. The quantitative estimate of drug-likeness (QED) is 0.730. The standard InChI is InChI=1S/C15H16N4OS/c1-9(15-17-5-6-21-15)18-12-8-14(20)19(2)13-4-3-10(16)7-11(12)13/h3-9,18H,16H2,1-2H3. The summed E-state index contributed by atoms with van der Waals surface area (Å²) in [5, 5.41) is 7.21. The summed E-state index contributed by atoms with van der Waals surface area (Å²) in [4.78, 5) is 16.4. The molecule has 0 radical (unpaired) electrons. The highest BCUT2D eigenvalue weighted by Gasteiger charge is 2.12. The lowest BCUT2D eigenvalue weighted by Crippen LogP contribution is -2.18. The van der Waals surface area contributed by atoms with Crippen molar-refractivity contribution in [3.05, 3.63) is 51.2 Å². The maximum atomic E-state index is 12.1. The predicted molar refractivity (Wildman–Crippen MR) is 87.8 cm³/mol. The van der Waals surface area contributed by atoms with Crippen LogP contribution in [0.4, 0.5) is 11.4 Å². The summed E-state index contributed by atoms with van der Waals surface area (Å²) in [6, 6.07) is 7.18. The van der Waals surface area contributed by atoms with Gasteiger partial charge in [0, 0.05) is 41.5 Å². The fourth-order valence-electron chi connectivity index (χ4n) is 2.34. The maximum absolute atomic E-state index is 12.1. The van der Waals surface area contributed by atoms with Gasteiger partial charge in [-0.15, -0.1) is 11.3 Å². The number of pyridine rings is 1. The summed E-state index contributed by atoms with van der Waals surface area (Å²) in [7, 11) is 1.76. The number of nitrogens with one attached hydrogen (secondary N) is 1. The van der Waals surface area contributed by atoms with Crippen LogP contribution in [-0.2, 0) is 7.05 Å². The Morgan fingerprint density at radius 2 is 2.19 bits per heavy atom. The molecule has 0 spiro atoms. The number of nitrogens with two attached hydrogens (primary N) is 1. The van der Waals surface area contributed by atoms with Gasteiger partial charge in [-0.3, -0.25) is 4.79 Å². The van der Waals surface area contributed by atoms with Gasteiger partial charge in [0.25, 0.3) is 5.56 Å². The SMILES string of the molecule is CC(Nc1cc(=O)n(C)c2ccc(N)cc12)c1nccs1. The van der Waals surface area contributed by atoms with Crippen molar-refractivity contribution < 1.29 is 0 Å². The van der Waals surface area contributed by atoms with Crippen molar-refractivity contribution in [1.82, 2.24) is 9.55 Å². The van der Waals surface area contributed by atoms with Crippen LogP contribution in [0.2, 0.25) is 0 Å². The van der Waals surface area contributed by atoms with E-state index in [0.29, 0.717) is 5.69 Å². The fourth-order valence-corrected chi connectivity index (χ4v) is 2.99. The van der Waals surface area contributed by atoms with Crippen molar-refractivity contribution in [2.45, 2.75) is 13.0 Å². The van der Waals surface area contributed by atoms with Crippen LogP contribution >= 0.6 is 11.3 Å². The minimum Gasteiger partial charge on any atom is -0.399 e. The third-order valence-corrected chi connectivity index (χ3v) is 4.42. The van der Waals surface area contributed by atoms with E-state index in [9.17, 15) is 4.79 Å². The van der Waals surface area contributed by atoms with E-state index in [-0.39, 0.29) is 11.6 Å². The van der Waals surface area contributed by atoms with Crippen LogP contribution in [0.25, 0.3) is 10.9 Å². The summed E-state index contributed by atoms with van der Waals surface area (Å²) in [5.41, 5.74) is 8.13. The summed E-state index contributed by atoms with van der Waals surface area (Å²) in [6.45, 7) is 2.02. The lowest BCUT2D eigenvalue weighted by molar-refractivity contribution is 0.863. The zero-order valence-electron chi connectivity index (χ0n) is 11.8. The molecule has 21 heavy (non-hydrogen) atoms. The molecule has 0 saturated heterocycles. The van der Waals surface area contributed by atoms with Crippen molar-refractivity contribution in [3.8, 4) is 0 Å². The van der Waals surface area contributed by atoms with E-state index in [1.54, 1.807) is 41.3 Å². The molecule has 0 aliphatic heterocycles. The van der Waals surface area contributed by atoms with Crippen LogP contribution in [0.15, 0.2) is 40.6 Å². The number of nitrogens with zero attached hydrogens (tertiary/aromatic N) is 2. The van der Waals surface area contributed by atoms with Crippen molar-refractivity contribution in [3.63, 3.8) is 0 Å². The molecule has 2 aromatic heterocycles. The van der Waals surface area contributed by atoms with Crippen molar-refractivity contribution in [1.29, 1.82) is 0 Å². The first-order valence-electron chi connectivity index (χ1n) is 6.61. The van der Waals surface area contributed by atoms with Crippen LogP contribution in [-0.4, -0.2) is 9.55 Å². The Kier molecular flexibility index (Phi) is 3.39. The number of aryl methyl sites for hydroxylation is 1. The monoisotopic (exact) mass is 300 g/mol. The van der Waals surface area contributed by atoms with Crippen LogP contribution in [0.1, 0.15) is 18.0 Å². The lowest BCUT2D eigenvalue weighted by atomic mass is 10.1. The van der Waals surface area contributed by atoms with Gasteiger partial charge in [0.05, 0.1) is 11.6 Å². The third-order valence-electron chi connectivity index (χ3n) is 3.46. The first-order chi connectivity index (χ1) is 10.1. The molecule has 0 saturated carbocycles. The molecule has 0 fully saturated rings. The molecule has 1 aromatic carbocycles. The Bertz CT molecular complexity index is 839. The molecule has 0 aliphatic carbocycles. The number of hydrogen-bond donors (Lipinski definition) is 2. The third kappa shape index (κ3) is 2.50. The molecule has 0 aliphatic rings. The highest BCUT2D eigenvalue weighted by Crippen LogP contribution is 2.27. The number of aromatic nitrogens is 2. The zero-order chi connectivity index (χ0) is 15.0. The van der Waals surface area contributed by atoms with Crippen molar-refractivity contribution >= 4 is 33.6 Å². The number of nitrogen functional groups attached to an aromatic ring is 1. The average Bonchev–Trinajstić information content (AvgIpc) is 2.98. The largest absolute Gasteiger partial charge is 0.399 e. The molecular weight excluding hydrogens is 284 g/mol. The maximum Gasteiger partial charge on any atom is 0.252 e. The van der Waals surface area contributed by atoms with Crippen molar-refractivity contribution in [2.75, 3.05) is 11.1 Å². The molecule has 5 nitrogen and oxygen atoms in total. The Labute approximate surface area is 126 Å². The molecule has 3 rings (SSSR count). The van der Waals surface area contributed by atoms with Gasteiger partial charge < -0.3 is 15.6 Å². The molecule has 2 heterocycles. The van der Waals surface area contributed by atoms with Gasteiger partial charge in [0.1, 0.15) is 5.01 Å². The molecule has 1 atom stereocenters. The smallest absolute Gasteiger partial charge is 0.252 e. The number of thiazole rings is 1. The summed E-state index contributed by atoms with van der Waals surface area (Å²) in [5.74, 6) is 0. The second kappa shape index (κ2) is 5.21. The van der Waals surface area contributed by atoms with E-state index >= 15 is 0 Å². The van der Waals surface area contributed by atoms with E-state index in [0.717, 1.165) is 21.6 Å². The number of benzene rings is 1. The predicted octanol–water partition coefficient (Wildman–Crippen LogP) is 2.75. The number of anilines is 2. The second-order valence-corrected chi connectivity index (χ2v) is 5.89. The molecule has 3 aromatic rings.